The van der Waals surface area contributed by atoms with Gasteiger partial charge >= 0.3 is 5.97 Å². The first-order valence-electron chi connectivity index (χ1n) is 12.0. The summed E-state index contributed by atoms with van der Waals surface area (Å²) in [6.07, 6.45) is 6.06. The standard InChI is InChI=1S/C26H31Cl2N3O4/c1-16-18(13-29-31(16)17-7-9-26(3,10-8-17)24(34)35)23(33)30(15-25(2)11-12-25)14-21(32)22-19(27)5-4-6-20(22)28/h4-6,13,17H,7-12,14-15H2,1-3H3,(H,34,35). The molecule has 0 atom stereocenters. The van der Waals surface area contributed by atoms with E-state index >= 15 is 0 Å². The summed E-state index contributed by atoms with van der Waals surface area (Å²) >= 11 is 12.5. The van der Waals surface area contributed by atoms with Crippen LogP contribution in [-0.2, 0) is 4.79 Å². The Bertz CT molecular complexity index is 1140. The van der Waals surface area contributed by atoms with E-state index in [0.29, 0.717) is 37.8 Å². The highest BCUT2D eigenvalue weighted by atomic mass is 35.5. The fraction of sp³-hybridized carbons (Fsp3) is 0.538. The number of hydrogen-bond donors (Lipinski definition) is 1. The first kappa shape index (κ1) is 25.7. The molecule has 4 rings (SSSR count). The zero-order valence-electron chi connectivity index (χ0n) is 20.3. The minimum absolute atomic E-state index is 0.00518. The van der Waals surface area contributed by atoms with E-state index in [4.69, 9.17) is 23.2 Å². The van der Waals surface area contributed by atoms with Crippen LogP contribution in [-0.4, -0.2) is 50.5 Å². The summed E-state index contributed by atoms with van der Waals surface area (Å²) in [5, 5.41) is 14.6. The van der Waals surface area contributed by atoms with Gasteiger partial charge in [-0.25, -0.2) is 0 Å². The highest BCUT2D eigenvalue weighted by molar-refractivity contribution is 6.40. The molecule has 2 saturated carbocycles. The first-order chi connectivity index (χ1) is 16.4. The summed E-state index contributed by atoms with van der Waals surface area (Å²) in [7, 11) is 0. The zero-order valence-corrected chi connectivity index (χ0v) is 21.8. The number of aromatic nitrogens is 2. The largest absolute Gasteiger partial charge is 0.481 e. The normalized spacial score (nSPS) is 23.1. The molecule has 0 spiro atoms. The molecule has 1 amide bonds. The van der Waals surface area contributed by atoms with Gasteiger partial charge in [0.25, 0.3) is 5.91 Å². The van der Waals surface area contributed by atoms with Crippen molar-refractivity contribution in [2.24, 2.45) is 10.8 Å². The number of Topliss-reactive ketones (excluding diaryl/α,β-unsaturated/α-hetero) is 1. The van der Waals surface area contributed by atoms with Crippen molar-refractivity contribution in [1.82, 2.24) is 14.7 Å². The Morgan fingerprint density at radius 2 is 1.71 bits per heavy atom. The van der Waals surface area contributed by atoms with Gasteiger partial charge in [0, 0.05) is 12.2 Å². The number of amides is 1. The lowest BCUT2D eigenvalue weighted by Gasteiger charge is -2.34. The second-order valence-corrected chi connectivity index (χ2v) is 11.5. The zero-order chi connectivity index (χ0) is 25.5. The second-order valence-electron chi connectivity index (χ2n) is 10.7. The predicted octanol–water partition coefficient (Wildman–Crippen LogP) is 5.83. The SMILES string of the molecule is Cc1c(C(=O)N(CC(=O)c2c(Cl)cccc2Cl)CC2(C)CC2)cnn1C1CCC(C)(C(=O)O)CC1. The summed E-state index contributed by atoms with van der Waals surface area (Å²) < 4.78 is 1.85. The van der Waals surface area contributed by atoms with E-state index in [1.165, 1.54) is 0 Å². The van der Waals surface area contributed by atoms with E-state index in [2.05, 4.69) is 12.0 Å². The molecule has 1 aromatic heterocycles. The van der Waals surface area contributed by atoms with E-state index in [1.54, 1.807) is 36.2 Å². The van der Waals surface area contributed by atoms with Crippen LogP contribution in [0.3, 0.4) is 0 Å². The second kappa shape index (κ2) is 9.58. The van der Waals surface area contributed by atoms with E-state index in [-0.39, 0.29) is 45.3 Å². The van der Waals surface area contributed by atoms with E-state index in [1.807, 2.05) is 11.6 Å². The highest BCUT2D eigenvalue weighted by Gasteiger charge is 2.42. The number of aliphatic carboxylic acids is 1. The number of carboxylic acids is 1. The van der Waals surface area contributed by atoms with E-state index in [9.17, 15) is 19.5 Å². The van der Waals surface area contributed by atoms with Gasteiger partial charge in [0.15, 0.2) is 5.78 Å². The van der Waals surface area contributed by atoms with Gasteiger partial charge in [0.1, 0.15) is 0 Å². The van der Waals surface area contributed by atoms with Crippen molar-refractivity contribution in [3.05, 3.63) is 51.3 Å². The van der Waals surface area contributed by atoms with Crippen molar-refractivity contribution in [3.8, 4) is 0 Å². The number of carbonyl (C=O) groups is 3. The smallest absolute Gasteiger partial charge is 0.309 e. The van der Waals surface area contributed by atoms with Gasteiger partial charge in [0.2, 0.25) is 0 Å². The first-order valence-corrected chi connectivity index (χ1v) is 12.7. The maximum absolute atomic E-state index is 13.7. The highest BCUT2D eigenvalue weighted by Crippen LogP contribution is 2.46. The van der Waals surface area contributed by atoms with Gasteiger partial charge in [-0.2, -0.15) is 5.10 Å². The Kier molecular flexibility index (Phi) is 7.04. The van der Waals surface area contributed by atoms with Crippen LogP contribution in [0.1, 0.15) is 84.8 Å². The van der Waals surface area contributed by atoms with Gasteiger partial charge in [-0.15, -0.1) is 0 Å². The molecule has 2 aliphatic rings. The fourth-order valence-electron chi connectivity index (χ4n) is 4.92. The Balaban J connectivity index is 1.55. The van der Waals surface area contributed by atoms with Crippen molar-refractivity contribution in [2.75, 3.05) is 13.1 Å². The number of rotatable bonds is 8. The average Bonchev–Trinajstić information content (AvgIpc) is 3.40. The van der Waals surface area contributed by atoms with Crippen LogP contribution >= 0.6 is 23.2 Å². The molecule has 1 aromatic carbocycles. The number of carbonyl (C=O) groups excluding carboxylic acids is 2. The van der Waals surface area contributed by atoms with E-state index in [0.717, 1.165) is 18.5 Å². The molecule has 9 heteroatoms. The number of nitrogens with zero attached hydrogens (tertiary/aromatic N) is 3. The Hall–Kier alpha value is -2.38. The van der Waals surface area contributed by atoms with Crippen molar-refractivity contribution in [2.45, 2.75) is 65.3 Å². The predicted molar refractivity (Wildman–Crippen MR) is 134 cm³/mol. The summed E-state index contributed by atoms with van der Waals surface area (Å²) in [6, 6.07) is 4.95. The van der Waals surface area contributed by atoms with Gasteiger partial charge in [-0.3, -0.25) is 19.1 Å². The summed E-state index contributed by atoms with van der Waals surface area (Å²) in [5.74, 6) is -1.32. The van der Waals surface area contributed by atoms with Crippen LogP contribution in [0, 0.1) is 17.8 Å². The van der Waals surface area contributed by atoms with Crippen molar-refractivity contribution in [1.29, 1.82) is 0 Å². The third kappa shape index (κ3) is 5.26. The van der Waals surface area contributed by atoms with Gasteiger partial charge in [-0.05, 0) is 69.9 Å². The lowest BCUT2D eigenvalue weighted by Crippen LogP contribution is -2.39. The lowest BCUT2D eigenvalue weighted by molar-refractivity contribution is -0.150. The number of ketones is 1. The molecular weight excluding hydrogens is 489 g/mol. The lowest BCUT2D eigenvalue weighted by atomic mass is 9.74. The molecule has 2 aromatic rings. The van der Waals surface area contributed by atoms with Gasteiger partial charge in [0.05, 0.1) is 45.4 Å². The minimum Gasteiger partial charge on any atom is -0.481 e. The Morgan fingerprint density at radius 1 is 1.11 bits per heavy atom. The number of hydrogen-bond acceptors (Lipinski definition) is 4. The summed E-state index contributed by atoms with van der Waals surface area (Å²) in [5.41, 5.74) is 0.694. The third-order valence-electron chi connectivity index (χ3n) is 7.74. The molecule has 0 radical (unpaired) electrons. The van der Waals surface area contributed by atoms with Crippen LogP contribution in [0.15, 0.2) is 24.4 Å². The average molecular weight is 520 g/mol. The molecule has 0 unspecified atom stereocenters. The van der Waals surface area contributed by atoms with Crippen LogP contribution in [0.25, 0.3) is 0 Å². The topological polar surface area (TPSA) is 92.5 Å². The number of halogens is 2. The van der Waals surface area contributed by atoms with Gasteiger partial charge in [-0.1, -0.05) is 36.2 Å². The molecule has 0 aliphatic heterocycles. The monoisotopic (exact) mass is 519 g/mol. The third-order valence-corrected chi connectivity index (χ3v) is 8.37. The van der Waals surface area contributed by atoms with Crippen LogP contribution in [0.4, 0.5) is 0 Å². The Labute approximate surface area is 215 Å². The maximum Gasteiger partial charge on any atom is 0.309 e. The maximum atomic E-state index is 13.7. The van der Waals surface area contributed by atoms with Crippen molar-refractivity contribution >= 4 is 40.9 Å². The number of benzene rings is 1. The molecular formula is C26H31Cl2N3O4. The molecule has 0 bridgehead atoms. The molecule has 2 aliphatic carbocycles. The van der Waals surface area contributed by atoms with E-state index < -0.39 is 11.4 Å². The summed E-state index contributed by atoms with van der Waals surface area (Å²) in [6.45, 7) is 6.09. The van der Waals surface area contributed by atoms with Crippen molar-refractivity contribution in [3.63, 3.8) is 0 Å². The molecule has 1 heterocycles. The summed E-state index contributed by atoms with van der Waals surface area (Å²) in [4.78, 5) is 40.0. The van der Waals surface area contributed by atoms with Crippen LogP contribution in [0.2, 0.25) is 10.0 Å². The fourth-order valence-corrected chi connectivity index (χ4v) is 5.53. The van der Waals surface area contributed by atoms with Crippen LogP contribution in [0.5, 0.6) is 0 Å². The molecule has 0 saturated heterocycles. The van der Waals surface area contributed by atoms with Gasteiger partial charge < -0.3 is 10.0 Å². The van der Waals surface area contributed by atoms with Crippen molar-refractivity contribution < 1.29 is 19.5 Å². The molecule has 2 fully saturated rings. The Morgan fingerprint density at radius 3 is 2.26 bits per heavy atom. The number of carboxylic acid groups (broad SMARTS) is 1. The molecule has 35 heavy (non-hydrogen) atoms. The van der Waals surface area contributed by atoms with Crippen LogP contribution < -0.4 is 0 Å². The minimum atomic E-state index is -0.767. The quantitative estimate of drug-likeness (QED) is 0.442. The molecule has 188 valence electrons. The molecule has 1 N–H and O–H groups in total. The molecule has 7 nitrogen and oxygen atoms in total.